The predicted octanol–water partition coefficient (Wildman–Crippen LogP) is 2.62. The molecular formula is C13H10ClN5O. The number of rotatable bonds is 2. The number of nitrogen functional groups attached to an aromatic ring is 2. The van der Waals surface area contributed by atoms with Gasteiger partial charge in [-0.3, -0.25) is 4.98 Å². The lowest BCUT2D eigenvalue weighted by Crippen LogP contribution is -1.91. The first-order chi connectivity index (χ1) is 9.61. The molecule has 2 heterocycles. The van der Waals surface area contributed by atoms with E-state index < -0.39 is 0 Å². The lowest BCUT2D eigenvalue weighted by molar-refractivity contribution is 0.432. The molecule has 3 rings (SSSR count). The highest BCUT2D eigenvalue weighted by Gasteiger charge is 2.12. The van der Waals surface area contributed by atoms with E-state index in [9.17, 15) is 0 Å². The highest BCUT2D eigenvalue weighted by Crippen LogP contribution is 2.25. The van der Waals surface area contributed by atoms with Crippen LogP contribution in [0.15, 0.2) is 41.1 Å². The van der Waals surface area contributed by atoms with Crippen molar-refractivity contribution in [3.63, 3.8) is 0 Å². The van der Waals surface area contributed by atoms with Gasteiger partial charge in [-0.1, -0.05) is 16.8 Å². The van der Waals surface area contributed by atoms with E-state index in [0.29, 0.717) is 39.4 Å². The van der Waals surface area contributed by atoms with Crippen LogP contribution in [0.4, 0.5) is 11.4 Å². The Balaban J connectivity index is 1.99. The van der Waals surface area contributed by atoms with Crippen LogP contribution in [0.1, 0.15) is 0 Å². The number of hydrogen-bond acceptors (Lipinski definition) is 6. The minimum Gasteiger partial charge on any atom is -0.399 e. The summed E-state index contributed by atoms with van der Waals surface area (Å²) in [4.78, 5) is 8.39. The van der Waals surface area contributed by atoms with Crippen molar-refractivity contribution in [1.82, 2.24) is 15.1 Å². The van der Waals surface area contributed by atoms with Crippen LogP contribution >= 0.6 is 11.6 Å². The van der Waals surface area contributed by atoms with Crippen LogP contribution in [0.2, 0.25) is 5.02 Å². The number of benzene rings is 1. The summed E-state index contributed by atoms with van der Waals surface area (Å²) in [6, 6.07) is 8.50. The van der Waals surface area contributed by atoms with E-state index in [0.717, 1.165) is 0 Å². The Kier molecular flexibility index (Phi) is 3.00. The average Bonchev–Trinajstić information content (AvgIpc) is 2.88. The molecule has 0 atom stereocenters. The van der Waals surface area contributed by atoms with Gasteiger partial charge < -0.3 is 16.0 Å². The van der Waals surface area contributed by atoms with Crippen molar-refractivity contribution in [3.8, 4) is 23.0 Å². The largest absolute Gasteiger partial charge is 0.399 e. The Morgan fingerprint density at radius 2 is 1.80 bits per heavy atom. The van der Waals surface area contributed by atoms with Gasteiger partial charge in [0, 0.05) is 23.1 Å². The molecule has 7 heteroatoms. The molecule has 4 N–H and O–H groups in total. The third kappa shape index (κ3) is 2.41. The van der Waals surface area contributed by atoms with Crippen molar-refractivity contribution < 1.29 is 4.52 Å². The molecule has 20 heavy (non-hydrogen) atoms. The van der Waals surface area contributed by atoms with E-state index in [1.807, 2.05) is 0 Å². The molecule has 0 bridgehead atoms. The fraction of sp³-hybridized carbons (Fsp3) is 0. The first kappa shape index (κ1) is 12.4. The van der Waals surface area contributed by atoms with Crippen molar-refractivity contribution in [2.45, 2.75) is 0 Å². The normalized spacial score (nSPS) is 10.7. The Bertz CT molecular complexity index is 733. The molecule has 1 aromatic carbocycles. The summed E-state index contributed by atoms with van der Waals surface area (Å²) < 4.78 is 5.20. The minimum absolute atomic E-state index is 0.329. The molecular weight excluding hydrogens is 278 g/mol. The smallest absolute Gasteiger partial charge is 0.258 e. The maximum Gasteiger partial charge on any atom is 0.258 e. The van der Waals surface area contributed by atoms with Crippen LogP contribution < -0.4 is 11.5 Å². The minimum atomic E-state index is 0.329. The van der Waals surface area contributed by atoms with E-state index in [1.165, 1.54) is 6.20 Å². The molecule has 3 aromatic rings. The predicted molar refractivity (Wildman–Crippen MR) is 76.8 cm³/mol. The zero-order valence-corrected chi connectivity index (χ0v) is 11.0. The second kappa shape index (κ2) is 4.82. The molecule has 0 radical (unpaired) electrons. The van der Waals surface area contributed by atoms with Crippen LogP contribution in [-0.4, -0.2) is 15.1 Å². The Morgan fingerprint density at radius 1 is 1.05 bits per heavy atom. The topological polar surface area (TPSA) is 104 Å². The molecule has 0 spiro atoms. The van der Waals surface area contributed by atoms with Gasteiger partial charge in [-0.05, 0) is 30.3 Å². The Labute approximate surface area is 119 Å². The molecule has 2 aromatic heterocycles. The number of halogens is 1. The van der Waals surface area contributed by atoms with Crippen molar-refractivity contribution in [1.29, 1.82) is 0 Å². The van der Waals surface area contributed by atoms with E-state index in [2.05, 4.69) is 15.1 Å². The number of pyridine rings is 1. The zero-order chi connectivity index (χ0) is 14.1. The molecule has 0 aliphatic carbocycles. The van der Waals surface area contributed by atoms with Crippen molar-refractivity contribution in [2.24, 2.45) is 0 Å². The van der Waals surface area contributed by atoms with Gasteiger partial charge in [0.25, 0.3) is 5.89 Å². The second-order valence-electron chi connectivity index (χ2n) is 4.17. The number of nitrogens with two attached hydrogens (primary N) is 2. The van der Waals surface area contributed by atoms with Crippen LogP contribution in [-0.2, 0) is 0 Å². The third-order valence-corrected chi connectivity index (χ3v) is 2.83. The monoisotopic (exact) mass is 287 g/mol. The van der Waals surface area contributed by atoms with E-state index in [-0.39, 0.29) is 0 Å². The zero-order valence-electron chi connectivity index (χ0n) is 10.2. The molecule has 100 valence electrons. The lowest BCUT2D eigenvalue weighted by atomic mass is 10.2. The molecule has 0 aliphatic rings. The summed E-state index contributed by atoms with van der Waals surface area (Å²) in [5.41, 5.74) is 13.8. The fourth-order valence-electron chi connectivity index (χ4n) is 1.75. The summed E-state index contributed by atoms with van der Waals surface area (Å²) in [6.45, 7) is 0. The second-order valence-corrected chi connectivity index (χ2v) is 4.61. The van der Waals surface area contributed by atoms with Crippen molar-refractivity contribution >= 4 is 23.0 Å². The van der Waals surface area contributed by atoms with Gasteiger partial charge in [0.05, 0.1) is 5.02 Å². The van der Waals surface area contributed by atoms with Gasteiger partial charge in [0.2, 0.25) is 5.82 Å². The molecule has 0 saturated carbocycles. The highest BCUT2D eigenvalue weighted by atomic mass is 35.5. The summed E-state index contributed by atoms with van der Waals surface area (Å²) in [5, 5.41) is 4.42. The third-order valence-electron chi connectivity index (χ3n) is 2.61. The summed E-state index contributed by atoms with van der Waals surface area (Å²) >= 11 is 5.78. The Morgan fingerprint density at radius 3 is 2.45 bits per heavy atom. The number of hydrogen-bond donors (Lipinski definition) is 2. The van der Waals surface area contributed by atoms with Crippen molar-refractivity contribution in [2.75, 3.05) is 11.5 Å². The van der Waals surface area contributed by atoms with Crippen LogP contribution in [0.5, 0.6) is 0 Å². The molecule has 0 unspecified atom stereocenters. The van der Waals surface area contributed by atoms with E-state index >= 15 is 0 Å². The molecule has 0 aliphatic heterocycles. The summed E-state index contributed by atoms with van der Waals surface area (Å²) in [7, 11) is 0. The summed E-state index contributed by atoms with van der Waals surface area (Å²) in [5.74, 6) is 0.702. The molecule has 0 fully saturated rings. The van der Waals surface area contributed by atoms with Crippen LogP contribution in [0, 0.1) is 0 Å². The number of anilines is 2. The molecule has 0 saturated heterocycles. The van der Waals surface area contributed by atoms with Gasteiger partial charge >= 0.3 is 0 Å². The van der Waals surface area contributed by atoms with Crippen LogP contribution in [0.3, 0.4) is 0 Å². The van der Waals surface area contributed by atoms with Gasteiger partial charge in [-0.25, -0.2) is 0 Å². The molecule has 0 amide bonds. The van der Waals surface area contributed by atoms with E-state index in [1.54, 1.807) is 30.3 Å². The van der Waals surface area contributed by atoms with Gasteiger partial charge in [0.15, 0.2) is 0 Å². The summed E-state index contributed by atoms with van der Waals surface area (Å²) in [6.07, 6.45) is 1.52. The molecule has 6 nitrogen and oxygen atoms in total. The lowest BCUT2D eigenvalue weighted by Gasteiger charge is -1.99. The maximum absolute atomic E-state index is 5.78. The van der Waals surface area contributed by atoms with Crippen molar-refractivity contribution in [3.05, 3.63) is 41.6 Å². The van der Waals surface area contributed by atoms with Gasteiger partial charge in [0.1, 0.15) is 5.69 Å². The SMILES string of the molecule is Nc1cc(N)cc(-c2nc(-c3ccc(Cl)cn3)no2)c1. The van der Waals surface area contributed by atoms with Gasteiger partial charge in [-0.2, -0.15) is 4.98 Å². The highest BCUT2D eigenvalue weighted by molar-refractivity contribution is 6.30. The Hall–Kier alpha value is -2.60. The quantitative estimate of drug-likeness (QED) is 0.702. The van der Waals surface area contributed by atoms with Gasteiger partial charge in [-0.15, -0.1) is 0 Å². The van der Waals surface area contributed by atoms with E-state index in [4.69, 9.17) is 27.6 Å². The first-order valence-electron chi connectivity index (χ1n) is 5.74. The number of nitrogens with zero attached hydrogens (tertiary/aromatic N) is 3. The van der Waals surface area contributed by atoms with Crippen LogP contribution in [0.25, 0.3) is 23.0 Å². The maximum atomic E-state index is 5.78. The number of aromatic nitrogens is 3. The average molecular weight is 288 g/mol. The fourth-order valence-corrected chi connectivity index (χ4v) is 1.86. The first-order valence-corrected chi connectivity index (χ1v) is 6.12. The standard InChI is InChI=1S/C13H10ClN5O/c14-8-1-2-11(17-6-8)12-18-13(20-19-12)7-3-9(15)5-10(16)4-7/h1-6H,15-16H2.